The standard InChI is InChI=1S/C17H20N2OS/c1-4-19-17(20)13-6-8-16(14(18)10-13)21-15-7-5-11(2)9-12(15)3/h5-10H,4,18H2,1-3H3,(H,19,20). The number of hydrogen-bond donors (Lipinski definition) is 2. The van der Waals surface area contributed by atoms with Crippen LogP contribution in [0.3, 0.4) is 0 Å². The van der Waals surface area contributed by atoms with Crippen LogP contribution in [0.2, 0.25) is 0 Å². The number of rotatable bonds is 4. The third-order valence-electron chi connectivity index (χ3n) is 3.16. The lowest BCUT2D eigenvalue weighted by Crippen LogP contribution is -2.22. The summed E-state index contributed by atoms with van der Waals surface area (Å²) in [6.07, 6.45) is 0. The molecule has 0 aliphatic carbocycles. The van der Waals surface area contributed by atoms with E-state index in [1.807, 2.05) is 19.1 Å². The Morgan fingerprint density at radius 2 is 1.86 bits per heavy atom. The van der Waals surface area contributed by atoms with Gasteiger partial charge >= 0.3 is 0 Å². The molecule has 0 atom stereocenters. The van der Waals surface area contributed by atoms with Crippen molar-refractivity contribution in [3.63, 3.8) is 0 Å². The maximum Gasteiger partial charge on any atom is 0.251 e. The number of nitrogens with two attached hydrogens (primary N) is 1. The number of amides is 1. The molecule has 2 aromatic rings. The Morgan fingerprint density at radius 1 is 1.14 bits per heavy atom. The van der Waals surface area contributed by atoms with E-state index in [4.69, 9.17) is 5.73 Å². The maximum atomic E-state index is 11.8. The zero-order valence-electron chi connectivity index (χ0n) is 12.6. The Balaban J connectivity index is 2.23. The quantitative estimate of drug-likeness (QED) is 0.845. The summed E-state index contributed by atoms with van der Waals surface area (Å²) in [6.45, 7) is 6.68. The molecule has 0 aliphatic heterocycles. The minimum atomic E-state index is -0.0905. The normalized spacial score (nSPS) is 10.4. The lowest BCUT2D eigenvalue weighted by Gasteiger charge is -2.10. The van der Waals surface area contributed by atoms with Crippen molar-refractivity contribution in [2.75, 3.05) is 12.3 Å². The van der Waals surface area contributed by atoms with E-state index in [9.17, 15) is 4.79 Å². The van der Waals surface area contributed by atoms with Gasteiger partial charge in [-0.15, -0.1) is 0 Å². The molecule has 0 spiro atoms. The predicted molar refractivity (Wildman–Crippen MR) is 88.9 cm³/mol. The molecule has 0 aromatic heterocycles. The van der Waals surface area contributed by atoms with Gasteiger partial charge in [-0.25, -0.2) is 0 Å². The maximum absolute atomic E-state index is 11.8. The Morgan fingerprint density at radius 3 is 2.48 bits per heavy atom. The van der Waals surface area contributed by atoms with Crippen LogP contribution in [0, 0.1) is 13.8 Å². The fourth-order valence-corrected chi connectivity index (χ4v) is 2.98. The van der Waals surface area contributed by atoms with E-state index in [1.165, 1.54) is 16.0 Å². The van der Waals surface area contributed by atoms with Crippen LogP contribution in [-0.2, 0) is 0 Å². The van der Waals surface area contributed by atoms with Crippen LogP contribution in [0.4, 0.5) is 5.69 Å². The Labute approximate surface area is 129 Å². The molecule has 3 nitrogen and oxygen atoms in total. The second-order valence-electron chi connectivity index (χ2n) is 4.98. The molecule has 0 saturated carbocycles. The molecule has 4 heteroatoms. The molecule has 1 amide bonds. The van der Waals surface area contributed by atoms with Crippen LogP contribution in [0.25, 0.3) is 0 Å². The first-order valence-electron chi connectivity index (χ1n) is 6.94. The van der Waals surface area contributed by atoms with Crippen LogP contribution in [0.1, 0.15) is 28.4 Å². The van der Waals surface area contributed by atoms with Crippen molar-refractivity contribution in [1.29, 1.82) is 0 Å². The van der Waals surface area contributed by atoms with Crippen molar-refractivity contribution in [3.8, 4) is 0 Å². The van der Waals surface area contributed by atoms with Crippen molar-refractivity contribution in [2.24, 2.45) is 0 Å². The van der Waals surface area contributed by atoms with E-state index in [2.05, 4.69) is 37.4 Å². The van der Waals surface area contributed by atoms with E-state index in [0.717, 1.165) is 4.90 Å². The molecule has 0 bridgehead atoms. The highest BCUT2D eigenvalue weighted by molar-refractivity contribution is 7.99. The molecular formula is C17H20N2OS. The minimum Gasteiger partial charge on any atom is -0.398 e. The van der Waals surface area contributed by atoms with Gasteiger partial charge in [-0.05, 0) is 50.6 Å². The van der Waals surface area contributed by atoms with Crippen LogP contribution >= 0.6 is 11.8 Å². The van der Waals surface area contributed by atoms with Gasteiger partial charge in [0.15, 0.2) is 0 Å². The first-order chi connectivity index (χ1) is 10.0. The van der Waals surface area contributed by atoms with Crippen molar-refractivity contribution in [3.05, 3.63) is 53.1 Å². The average Bonchev–Trinajstić information content (AvgIpc) is 2.44. The number of aryl methyl sites for hydroxylation is 2. The van der Waals surface area contributed by atoms with Crippen LogP contribution in [0.5, 0.6) is 0 Å². The molecule has 0 fully saturated rings. The Bertz CT molecular complexity index is 668. The summed E-state index contributed by atoms with van der Waals surface area (Å²) >= 11 is 1.63. The van der Waals surface area contributed by atoms with Gasteiger partial charge in [-0.3, -0.25) is 4.79 Å². The molecule has 0 radical (unpaired) electrons. The van der Waals surface area contributed by atoms with Gasteiger partial charge in [0.1, 0.15) is 0 Å². The number of hydrogen-bond acceptors (Lipinski definition) is 3. The zero-order chi connectivity index (χ0) is 15.4. The summed E-state index contributed by atoms with van der Waals surface area (Å²) in [5, 5.41) is 2.77. The first-order valence-corrected chi connectivity index (χ1v) is 7.75. The molecule has 2 rings (SSSR count). The summed E-state index contributed by atoms with van der Waals surface area (Å²) in [6, 6.07) is 11.8. The fourth-order valence-electron chi connectivity index (χ4n) is 2.08. The number of anilines is 1. The van der Waals surface area contributed by atoms with E-state index >= 15 is 0 Å². The summed E-state index contributed by atoms with van der Waals surface area (Å²) in [4.78, 5) is 13.9. The Hall–Kier alpha value is -1.94. The molecule has 110 valence electrons. The molecule has 0 unspecified atom stereocenters. The highest BCUT2D eigenvalue weighted by Crippen LogP contribution is 2.34. The second kappa shape index (κ2) is 6.68. The fraction of sp³-hybridized carbons (Fsp3) is 0.235. The first kappa shape index (κ1) is 15.4. The molecule has 0 heterocycles. The van der Waals surface area contributed by atoms with Crippen molar-refractivity contribution in [1.82, 2.24) is 5.32 Å². The van der Waals surface area contributed by atoms with Gasteiger partial charge < -0.3 is 11.1 Å². The smallest absolute Gasteiger partial charge is 0.251 e. The average molecular weight is 300 g/mol. The topological polar surface area (TPSA) is 55.1 Å². The molecule has 0 aliphatic rings. The van der Waals surface area contributed by atoms with Crippen molar-refractivity contribution in [2.45, 2.75) is 30.6 Å². The van der Waals surface area contributed by atoms with Crippen LogP contribution in [0.15, 0.2) is 46.2 Å². The van der Waals surface area contributed by atoms with Crippen LogP contribution < -0.4 is 11.1 Å². The molecular weight excluding hydrogens is 280 g/mol. The number of benzene rings is 2. The molecule has 0 saturated heterocycles. The number of nitrogen functional groups attached to an aromatic ring is 1. The van der Waals surface area contributed by atoms with Gasteiger partial charge in [-0.1, -0.05) is 29.5 Å². The third kappa shape index (κ3) is 3.79. The van der Waals surface area contributed by atoms with Gasteiger partial charge in [0.25, 0.3) is 5.91 Å². The summed E-state index contributed by atoms with van der Waals surface area (Å²) in [5.74, 6) is -0.0905. The van der Waals surface area contributed by atoms with Gasteiger partial charge in [0, 0.05) is 27.6 Å². The van der Waals surface area contributed by atoms with Crippen LogP contribution in [-0.4, -0.2) is 12.5 Å². The monoisotopic (exact) mass is 300 g/mol. The van der Waals surface area contributed by atoms with Gasteiger partial charge in [0.05, 0.1) is 0 Å². The highest BCUT2D eigenvalue weighted by Gasteiger charge is 2.09. The van der Waals surface area contributed by atoms with Gasteiger partial charge in [-0.2, -0.15) is 0 Å². The molecule has 3 N–H and O–H groups in total. The predicted octanol–water partition coefficient (Wildman–Crippen LogP) is 3.79. The van der Waals surface area contributed by atoms with E-state index in [1.54, 1.807) is 17.8 Å². The Kier molecular flexibility index (Phi) is 4.91. The summed E-state index contributed by atoms with van der Waals surface area (Å²) < 4.78 is 0. The highest BCUT2D eigenvalue weighted by atomic mass is 32.2. The van der Waals surface area contributed by atoms with Crippen molar-refractivity contribution < 1.29 is 4.79 Å². The number of carbonyl (C=O) groups excluding carboxylic acids is 1. The lowest BCUT2D eigenvalue weighted by molar-refractivity contribution is 0.0956. The SMILES string of the molecule is CCNC(=O)c1ccc(Sc2ccc(C)cc2C)c(N)c1. The van der Waals surface area contributed by atoms with Crippen molar-refractivity contribution >= 4 is 23.4 Å². The molecule has 2 aromatic carbocycles. The molecule has 21 heavy (non-hydrogen) atoms. The lowest BCUT2D eigenvalue weighted by atomic mass is 10.2. The zero-order valence-corrected chi connectivity index (χ0v) is 13.4. The second-order valence-corrected chi connectivity index (χ2v) is 6.07. The van der Waals surface area contributed by atoms with E-state index in [-0.39, 0.29) is 5.91 Å². The van der Waals surface area contributed by atoms with E-state index in [0.29, 0.717) is 17.8 Å². The minimum absolute atomic E-state index is 0.0905. The number of carbonyl (C=O) groups is 1. The number of nitrogens with one attached hydrogen (secondary N) is 1. The van der Waals surface area contributed by atoms with E-state index < -0.39 is 0 Å². The summed E-state index contributed by atoms with van der Waals surface area (Å²) in [5.41, 5.74) is 9.78. The van der Waals surface area contributed by atoms with Gasteiger partial charge in [0.2, 0.25) is 0 Å². The largest absolute Gasteiger partial charge is 0.398 e. The third-order valence-corrected chi connectivity index (χ3v) is 4.43. The summed E-state index contributed by atoms with van der Waals surface area (Å²) in [7, 11) is 0.